The number of aromatic nitrogens is 2. The first-order valence-electron chi connectivity index (χ1n) is 7.97. The summed E-state index contributed by atoms with van der Waals surface area (Å²) < 4.78 is 15.6. The second-order valence-corrected chi connectivity index (χ2v) is 6.00. The topological polar surface area (TPSA) is 29.9 Å². The maximum absolute atomic E-state index is 13.4. The molecule has 0 atom stereocenters. The summed E-state index contributed by atoms with van der Waals surface area (Å²) >= 11 is 0. The molecule has 2 aromatic rings. The van der Waals surface area contributed by atoms with Crippen LogP contribution in [0.25, 0.3) is 11.0 Å². The van der Waals surface area contributed by atoms with E-state index in [9.17, 15) is 4.39 Å². The minimum Gasteiger partial charge on any atom is -0.328 e. The van der Waals surface area contributed by atoms with Crippen LogP contribution in [0.15, 0.2) is 18.2 Å². The van der Waals surface area contributed by atoms with Gasteiger partial charge in [-0.25, -0.2) is 9.37 Å². The van der Waals surface area contributed by atoms with E-state index >= 15 is 0 Å². The van der Waals surface area contributed by atoms with Gasteiger partial charge in [0.1, 0.15) is 11.6 Å². The van der Waals surface area contributed by atoms with Crippen LogP contribution in [-0.4, -0.2) is 22.6 Å². The van der Waals surface area contributed by atoms with Crippen LogP contribution in [0.1, 0.15) is 39.4 Å². The van der Waals surface area contributed by atoms with Crippen molar-refractivity contribution in [3.05, 3.63) is 29.8 Å². The van der Waals surface area contributed by atoms with Gasteiger partial charge in [0.15, 0.2) is 0 Å². The summed E-state index contributed by atoms with van der Waals surface area (Å²) in [6.07, 6.45) is 3.13. The van der Waals surface area contributed by atoms with E-state index in [0.29, 0.717) is 5.92 Å². The molecule has 21 heavy (non-hydrogen) atoms. The van der Waals surface area contributed by atoms with Gasteiger partial charge in [-0.2, -0.15) is 0 Å². The minimum atomic E-state index is -0.216. The monoisotopic (exact) mass is 291 g/mol. The van der Waals surface area contributed by atoms with Crippen molar-refractivity contribution < 1.29 is 4.39 Å². The predicted octanol–water partition coefficient (Wildman–Crippen LogP) is 3.76. The zero-order chi connectivity index (χ0) is 15.2. The van der Waals surface area contributed by atoms with E-state index in [4.69, 9.17) is 0 Å². The first kappa shape index (κ1) is 16.0. The van der Waals surface area contributed by atoms with E-state index in [1.807, 2.05) is 6.07 Å². The van der Waals surface area contributed by atoms with Crippen LogP contribution in [0, 0.1) is 11.7 Å². The molecule has 0 unspecified atom stereocenters. The van der Waals surface area contributed by atoms with Crippen molar-refractivity contribution >= 4 is 11.0 Å². The SMILES string of the molecule is CCCNCCc1nc2cc(F)ccc2n1CCC(C)C. The molecule has 1 aromatic carbocycles. The molecule has 0 aliphatic heterocycles. The third kappa shape index (κ3) is 4.27. The maximum Gasteiger partial charge on any atom is 0.125 e. The van der Waals surface area contributed by atoms with Gasteiger partial charge in [-0.15, -0.1) is 0 Å². The summed E-state index contributed by atoms with van der Waals surface area (Å²) in [6.45, 7) is 9.50. The molecule has 0 amide bonds. The second kappa shape index (κ2) is 7.55. The molecular weight excluding hydrogens is 265 g/mol. The first-order valence-corrected chi connectivity index (χ1v) is 7.97. The van der Waals surface area contributed by atoms with Crippen molar-refractivity contribution in [3.8, 4) is 0 Å². The predicted molar refractivity (Wildman–Crippen MR) is 86.0 cm³/mol. The molecule has 0 aliphatic carbocycles. The van der Waals surface area contributed by atoms with Gasteiger partial charge >= 0.3 is 0 Å². The number of imidazole rings is 1. The highest BCUT2D eigenvalue weighted by Crippen LogP contribution is 2.19. The van der Waals surface area contributed by atoms with E-state index < -0.39 is 0 Å². The minimum absolute atomic E-state index is 0.216. The molecule has 0 radical (unpaired) electrons. The van der Waals surface area contributed by atoms with Crippen molar-refractivity contribution in [1.82, 2.24) is 14.9 Å². The Balaban J connectivity index is 2.21. The van der Waals surface area contributed by atoms with Gasteiger partial charge < -0.3 is 9.88 Å². The number of nitrogens with zero attached hydrogens (tertiary/aromatic N) is 2. The highest BCUT2D eigenvalue weighted by molar-refractivity contribution is 5.76. The van der Waals surface area contributed by atoms with Gasteiger partial charge in [0.05, 0.1) is 11.0 Å². The largest absolute Gasteiger partial charge is 0.328 e. The van der Waals surface area contributed by atoms with Crippen molar-refractivity contribution in [2.45, 2.75) is 46.6 Å². The zero-order valence-electron chi connectivity index (χ0n) is 13.3. The lowest BCUT2D eigenvalue weighted by Crippen LogP contribution is -2.19. The van der Waals surface area contributed by atoms with Gasteiger partial charge in [-0.1, -0.05) is 20.8 Å². The molecule has 0 aliphatic rings. The highest BCUT2D eigenvalue weighted by Gasteiger charge is 2.11. The van der Waals surface area contributed by atoms with Crippen LogP contribution in [0.5, 0.6) is 0 Å². The molecular formula is C17H26FN3. The third-order valence-electron chi connectivity index (χ3n) is 3.67. The van der Waals surface area contributed by atoms with Crippen molar-refractivity contribution in [3.63, 3.8) is 0 Å². The quantitative estimate of drug-likeness (QED) is 0.750. The lowest BCUT2D eigenvalue weighted by Gasteiger charge is -2.11. The molecule has 1 aromatic heterocycles. The number of fused-ring (bicyclic) bond motifs is 1. The van der Waals surface area contributed by atoms with Crippen LogP contribution >= 0.6 is 0 Å². The van der Waals surface area contributed by atoms with Crippen LogP contribution in [0.4, 0.5) is 4.39 Å². The highest BCUT2D eigenvalue weighted by atomic mass is 19.1. The zero-order valence-corrected chi connectivity index (χ0v) is 13.3. The van der Waals surface area contributed by atoms with Gasteiger partial charge in [-0.05, 0) is 37.4 Å². The maximum atomic E-state index is 13.4. The van der Waals surface area contributed by atoms with E-state index in [1.165, 1.54) is 12.1 Å². The normalized spacial score (nSPS) is 11.7. The van der Waals surface area contributed by atoms with Crippen LogP contribution < -0.4 is 5.32 Å². The Morgan fingerprint density at radius 2 is 2.10 bits per heavy atom. The molecule has 116 valence electrons. The molecule has 0 saturated heterocycles. The van der Waals surface area contributed by atoms with Crippen molar-refractivity contribution in [1.29, 1.82) is 0 Å². The first-order chi connectivity index (χ1) is 10.1. The molecule has 0 saturated carbocycles. The lowest BCUT2D eigenvalue weighted by atomic mass is 10.1. The number of aryl methyl sites for hydroxylation is 1. The van der Waals surface area contributed by atoms with E-state index in [0.717, 1.165) is 55.8 Å². The Morgan fingerprint density at radius 1 is 1.29 bits per heavy atom. The number of halogens is 1. The van der Waals surface area contributed by atoms with Crippen LogP contribution in [0.3, 0.4) is 0 Å². The van der Waals surface area contributed by atoms with Gasteiger partial charge in [-0.3, -0.25) is 0 Å². The average Bonchev–Trinajstić information content (AvgIpc) is 2.78. The molecule has 1 N–H and O–H groups in total. The lowest BCUT2D eigenvalue weighted by molar-refractivity contribution is 0.509. The fourth-order valence-corrected chi connectivity index (χ4v) is 2.48. The number of rotatable bonds is 8. The summed E-state index contributed by atoms with van der Waals surface area (Å²) in [5.74, 6) is 1.49. The number of nitrogens with one attached hydrogen (secondary N) is 1. The molecule has 4 heteroatoms. The van der Waals surface area contributed by atoms with Gasteiger partial charge in [0.25, 0.3) is 0 Å². The Morgan fingerprint density at radius 3 is 2.81 bits per heavy atom. The fourth-order valence-electron chi connectivity index (χ4n) is 2.48. The standard InChI is InChI=1S/C17H26FN3/c1-4-9-19-10-7-17-20-15-12-14(18)5-6-16(15)21(17)11-8-13(2)3/h5-6,12-13,19H,4,7-11H2,1-3H3. The third-order valence-corrected chi connectivity index (χ3v) is 3.67. The van der Waals surface area contributed by atoms with E-state index in [-0.39, 0.29) is 5.82 Å². The van der Waals surface area contributed by atoms with Gasteiger partial charge in [0, 0.05) is 25.6 Å². The Bertz CT molecular complexity index is 575. The average molecular weight is 291 g/mol. The molecule has 0 bridgehead atoms. The molecule has 0 spiro atoms. The summed E-state index contributed by atoms with van der Waals surface area (Å²) in [6, 6.07) is 4.90. The fraction of sp³-hybridized carbons (Fsp3) is 0.588. The second-order valence-electron chi connectivity index (χ2n) is 6.00. The number of hydrogen-bond acceptors (Lipinski definition) is 2. The van der Waals surface area contributed by atoms with E-state index in [1.54, 1.807) is 0 Å². The summed E-state index contributed by atoms with van der Waals surface area (Å²) in [7, 11) is 0. The number of benzene rings is 1. The summed E-state index contributed by atoms with van der Waals surface area (Å²) in [5, 5.41) is 3.40. The molecule has 0 fully saturated rings. The summed E-state index contributed by atoms with van der Waals surface area (Å²) in [4.78, 5) is 4.63. The van der Waals surface area contributed by atoms with Crippen LogP contribution in [-0.2, 0) is 13.0 Å². The Hall–Kier alpha value is -1.42. The van der Waals surface area contributed by atoms with Crippen molar-refractivity contribution in [2.75, 3.05) is 13.1 Å². The van der Waals surface area contributed by atoms with Crippen molar-refractivity contribution in [2.24, 2.45) is 5.92 Å². The molecule has 1 heterocycles. The Labute approximate surface area is 126 Å². The van der Waals surface area contributed by atoms with E-state index in [2.05, 4.69) is 35.6 Å². The number of hydrogen-bond donors (Lipinski definition) is 1. The van der Waals surface area contributed by atoms with Gasteiger partial charge in [0.2, 0.25) is 0 Å². The summed E-state index contributed by atoms with van der Waals surface area (Å²) in [5.41, 5.74) is 1.81. The molecule has 2 rings (SSSR count). The van der Waals surface area contributed by atoms with Crippen LogP contribution in [0.2, 0.25) is 0 Å². The molecule has 3 nitrogen and oxygen atoms in total. The smallest absolute Gasteiger partial charge is 0.125 e. The Kier molecular flexibility index (Phi) is 5.74.